The van der Waals surface area contributed by atoms with Gasteiger partial charge in [0.15, 0.2) is 5.60 Å². The Bertz CT molecular complexity index is 771. The van der Waals surface area contributed by atoms with Gasteiger partial charge in [-0.3, -0.25) is 4.79 Å². The smallest absolute Gasteiger partial charge is 0.268 e. The van der Waals surface area contributed by atoms with Crippen LogP contribution in [0.3, 0.4) is 0 Å². The van der Waals surface area contributed by atoms with Crippen LogP contribution in [0.1, 0.15) is 30.4 Å². The first kappa shape index (κ1) is 17.3. The molecule has 1 saturated heterocycles. The average Bonchev–Trinajstić information content (AvgIpc) is 2.96. The van der Waals surface area contributed by atoms with Gasteiger partial charge >= 0.3 is 0 Å². The number of rotatable bonds is 5. The lowest BCUT2D eigenvalue weighted by molar-refractivity contribution is -0.135. The van der Waals surface area contributed by atoms with Gasteiger partial charge in [-0.15, -0.1) is 0 Å². The molecule has 0 saturated carbocycles. The van der Waals surface area contributed by atoms with E-state index in [0.717, 1.165) is 36.4 Å². The number of anilines is 1. The second-order valence-corrected chi connectivity index (χ2v) is 7.13. The molecular formula is C22H26N2O2. The van der Waals surface area contributed by atoms with Gasteiger partial charge in [0.05, 0.1) is 5.69 Å². The third-order valence-corrected chi connectivity index (χ3v) is 5.70. The summed E-state index contributed by atoms with van der Waals surface area (Å²) in [6.07, 6.45) is 3.84. The highest BCUT2D eigenvalue weighted by atomic mass is 16.5. The summed E-state index contributed by atoms with van der Waals surface area (Å²) in [6.45, 7) is 3.89. The molecule has 1 amide bonds. The van der Waals surface area contributed by atoms with Crippen molar-refractivity contribution in [3.05, 3.63) is 65.7 Å². The quantitative estimate of drug-likeness (QED) is 0.828. The van der Waals surface area contributed by atoms with E-state index in [9.17, 15) is 4.79 Å². The maximum absolute atomic E-state index is 13.6. The number of para-hydroxylation sites is 1. The first-order chi connectivity index (χ1) is 12.8. The maximum atomic E-state index is 13.6. The van der Waals surface area contributed by atoms with Gasteiger partial charge in [0.25, 0.3) is 5.91 Å². The molecule has 0 bridgehead atoms. The molecule has 0 N–H and O–H groups in total. The van der Waals surface area contributed by atoms with Gasteiger partial charge in [-0.25, -0.2) is 0 Å². The van der Waals surface area contributed by atoms with Crippen molar-refractivity contribution in [3.63, 3.8) is 0 Å². The van der Waals surface area contributed by atoms with Crippen LogP contribution in [0.2, 0.25) is 0 Å². The fourth-order valence-electron chi connectivity index (χ4n) is 4.33. The van der Waals surface area contributed by atoms with E-state index in [1.807, 2.05) is 59.5 Å². The van der Waals surface area contributed by atoms with Crippen molar-refractivity contribution in [3.8, 4) is 0 Å². The molecule has 4 heteroatoms. The molecule has 2 heterocycles. The molecule has 4 nitrogen and oxygen atoms in total. The van der Waals surface area contributed by atoms with Crippen molar-refractivity contribution >= 4 is 11.6 Å². The van der Waals surface area contributed by atoms with Gasteiger partial charge in [0.1, 0.15) is 0 Å². The SMILES string of the molecule is COC1(c2ccccc2)C(=O)N(CCN2CCCCC2)c2ccccc21. The molecule has 2 aromatic carbocycles. The first-order valence-electron chi connectivity index (χ1n) is 9.52. The number of benzene rings is 2. The summed E-state index contributed by atoms with van der Waals surface area (Å²) in [5, 5.41) is 0. The number of methoxy groups -OCH3 is 1. The van der Waals surface area contributed by atoms with E-state index in [4.69, 9.17) is 4.74 Å². The Balaban J connectivity index is 1.68. The van der Waals surface area contributed by atoms with E-state index in [1.54, 1.807) is 7.11 Å². The number of hydrogen-bond acceptors (Lipinski definition) is 3. The number of piperidine rings is 1. The predicted molar refractivity (Wildman–Crippen MR) is 103 cm³/mol. The van der Waals surface area contributed by atoms with Gasteiger partial charge in [-0.2, -0.15) is 0 Å². The zero-order valence-electron chi connectivity index (χ0n) is 15.4. The third-order valence-electron chi connectivity index (χ3n) is 5.70. The molecule has 26 heavy (non-hydrogen) atoms. The van der Waals surface area contributed by atoms with Gasteiger partial charge in [0.2, 0.25) is 0 Å². The van der Waals surface area contributed by atoms with Gasteiger partial charge in [-0.1, -0.05) is 55.0 Å². The third kappa shape index (κ3) is 2.74. The number of nitrogens with zero attached hydrogens (tertiary/aromatic N) is 2. The molecule has 1 fully saturated rings. The Morgan fingerprint density at radius 1 is 0.923 bits per heavy atom. The number of carbonyl (C=O) groups is 1. The van der Waals surface area contributed by atoms with Crippen LogP contribution in [0, 0.1) is 0 Å². The summed E-state index contributed by atoms with van der Waals surface area (Å²) in [7, 11) is 1.63. The maximum Gasteiger partial charge on any atom is 0.268 e. The van der Waals surface area contributed by atoms with E-state index in [0.29, 0.717) is 6.54 Å². The fourth-order valence-corrected chi connectivity index (χ4v) is 4.33. The number of likely N-dealkylation sites (tertiary alicyclic amines) is 1. The van der Waals surface area contributed by atoms with E-state index in [1.165, 1.54) is 19.3 Å². The number of amides is 1. The topological polar surface area (TPSA) is 32.8 Å². The predicted octanol–water partition coefficient (Wildman–Crippen LogP) is 3.41. The minimum atomic E-state index is -1.04. The lowest BCUT2D eigenvalue weighted by Crippen LogP contribution is -2.45. The lowest BCUT2D eigenvalue weighted by Gasteiger charge is -2.30. The van der Waals surface area contributed by atoms with Crippen molar-refractivity contribution in [2.45, 2.75) is 24.9 Å². The number of ether oxygens (including phenoxy) is 1. The Morgan fingerprint density at radius 3 is 2.35 bits per heavy atom. The first-order valence-corrected chi connectivity index (χ1v) is 9.52. The fraction of sp³-hybridized carbons (Fsp3) is 0.409. The van der Waals surface area contributed by atoms with Crippen LogP contribution in [0.5, 0.6) is 0 Å². The Labute approximate surface area is 155 Å². The highest BCUT2D eigenvalue weighted by molar-refractivity contribution is 6.09. The molecule has 2 aliphatic rings. The normalized spacial score (nSPS) is 23.3. The van der Waals surface area contributed by atoms with E-state index in [-0.39, 0.29) is 5.91 Å². The van der Waals surface area contributed by atoms with E-state index >= 15 is 0 Å². The minimum Gasteiger partial charge on any atom is -0.359 e. The second-order valence-electron chi connectivity index (χ2n) is 7.13. The van der Waals surface area contributed by atoms with Crippen molar-refractivity contribution in [1.29, 1.82) is 0 Å². The monoisotopic (exact) mass is 350 g/mol. The van der Waals surface area contributed by atoms with Gasteiger partial charge in [-0.05, 0) is 37.6 Å². The zero-order valence-corrected chi connectivity index (χ0v) is 15.4. The van der Waals surface area contributed by atoms with Crippen molar-refractivity contribution in [2.75, 3.05) is 38.2 Å². The summed E-state index contributed by atoms with van der Waals surface area (Å²) in [6, 6.07) is 17.9. The molecule has 1 unspecified atom stereocenters. The summed E-state index contributed by atoms with van der Waals surface area (Å²) < 4.78 is 5.94. The average molecular weight is 350 g/mol. The highest BCUT2D eigenvalue weighted by Gasteiger charge is 2.52. The van der Waals surface area contributed by atoms with Crippen LogP contribution in [-0.2, 0) is 15.1 Å². The van der Waals surface area contributed by atoms with Crippen molar-refractivity contribution in [2.24, 2.45) is 0 Å². The van der Waals surface area contributed by atoms with Crippen molar-refractivity contribution < 1.29 is 9.53 Å². The van der Waals surface area contributed by atoms with Crippen LogP contribution < -0.4 is 4.90 Å². The molecule has 0 aromatic heterocycles. The number of carbonyl (C=O) groups excluding carboxylic acids is 1. The summed E-state index contributed by atoms with van der Waals surface area (Å²) in [4.78, 5) is 18.0. The largest absolute Gasteiger partial charge is 0.359 e. The number of fused-ring (bicyclic) bond motifs is 1. The molecule has 4 rings (SSSR count). The molecule has 2 aliphatic heterocycles. The van der Waals surface area contributed by atoms with Crippen LogP contribution in [0.4, 0.5) is 5.69 Å². The zero-order chi connectivity index (χ0) is 18.0. The molecule has 136 valence electrons. The molecule has 0 radical (unpaired) electrons. The molecule has 2 aromatic rings. The highest BCUT2D eigenvalue weighted by Crippen LogP contribution is 2.46. The summed E-state index contributed by atoms with van der Waals surface area (Å²) in [5.74, 6) is 0.0180. The summed E-state index contributed by atoms with van der Waals surface area (Å²) >= 11 is 0. The standard InChI is InChI=1S/C22H26N2O2/c1-26-22(18-10-4-2-5-11-18)19-12-6-7-13-20(19)24(21(22)25)17-16-23-14-8-3-9-15-23/h2,4-7,10-13H,3,8-9,14-17H2,1H3. The van der Waals surface area contributed by atoms with E-state index in [2.05, 4.69) is 4.90 Å². The molecule has 0 spiro atoms. The number of hydrogen-bond donors (Lipinski definition) is 0. The van der Waals surface area contributed by atoms with Crippen LogP contribution in [0.15, 0.2) is 54.6 Å². The Hall–Kier alpha value is -2.17. The minimum absolute atomic E-state index is 0.0180. The Kier molecular flexibility index (Phi) is 4.79. The van der Waals surface area contributed by atoms with Gasteiger partial charge < -0.3 is 14.5 Å². The Morgan fingerprint density at radius 2 is 1.62 bits per heavy atom. The van der Waals surface area contributed by atoms with Crippen LogP contribution in [0.25, 0.3) is 0 Å². The van der Waals surface area contributed by atoms with Crippen LogP contribution in [-0.4, -0.2) is 44.1 Å². The lowest BCUT2D eigenvalue weighted by atomic mass is 9.87. The molecular weight excluding hydrogens is 324 g/mol. The summed E-state index contributed by atoms with van der Waals surface area (Å²) in [5.41, 5.74) is 1.76. The van der Waals surface area contributed by atoms with Gasteiger partial charge in [0, 0.05) is 25.8 Å². The van der Waals surface area contributed by atoms with Crippen LogP contribution >= 0.6 is 0 Å². The molecule has 1 atom stereocenters. The molecule has 0 aliphatic carbocycles. The van der Waals surface area contributed by atoms with Crippen molar-refractivity contribution in [1.82, 2.24) is 4.90 Å². The second kappa shape index (κ2) is 7.22. The van der Waals surface area contributed by atoms with E-state index < -0.39 is 5.60 Å².